The molecule has 1 saturated heterocycles. The molecule has 11 heteroatoms. The zero-order chi connectivity index (χ0) is 18.7. The lowest BCUT2D eigenvalue weighted by atomic mass is 9.83. The molecule has 0 aromatic rings. The van der Waals surface area contributed by atoms with Gasteiger partial charge in [0.15, 0.2) is 6.17 Å². The molecule has 148 valence electrons. The number of aliphatic hydroxyl groups is 2. The number of rotatable bonds is 7. The van der Waals surface area contributed by atoms with Crippen LogP contribution in [0.1, 0.15) is 26.7 Å². The zero-order valence-corrected chi connectivity index (χ0v) is 14.6. The van der Waals surface area contributed by atoms with E-state index in [0.29, 0.717) is 6.42 Å². The Hall–Kier alpha value is -1.07. The summed E-state index contributed by atoms with van der Waals surface area (Å²) in [6.45, 7) is 2.46. The summed E-state index contributed by atoms with van der Waals surface area (Å²) in [4.78, 5) is 22.2. The van der Waals surface area contributed by atoms with Gasteiger partial charge in [0.25, 0.3) is 0 Å². The molecule has 0 radical (unpaired) electrons. The van der Waals surface area contributed by atoms with E-state index in [9.17, 15) is 28.6 Å². The Balaban J connectivity index is 0.00000576. The second-order valence-corrected chi connectivity index (χ2v) is 5.86. The molecule has 8 nitrogen and oxygen atoms in total. The van der Waals surface area contributed by atoms with Crippen molar-refractivity contribution < 1.29 is 43.2 Å². The lowest BCUT2D eigenvalue weighted by Gasteiger charge is -2.44. The highest BCUT2D eigenvalue weighted by atomic mass is 35.5. The number of hydrogen-bond acceptors (Lipinski definition) is 7. The Morgan fingerprint density at radius 3 is 2.44 bits per heavy atom. The number of aliphatic hydroxyl groups excluding tert-OH is 2. The molecular weight excluding hydrogens is 368 g/mol. The van der Waals surface area contributed by atoms with Gasteiger partial charge in [-0.05, 0) is 6.42 Å². The third-order valence-electron chi connectivity index (χ3n) is 4.02. The van der Waals surface area contributed by atoms with E-state index in [-0.39, 0.29) is 18.8 Å². The molecule has 1 aliphatic heterocycles. The smallest absolute Gasteiger partial charge is 0.372 e. The maximum atomic E-state index is 14.2. The van der Waals surface area contributed by atoms with Gasteiger partial charge in [0.2, 0.25) is 0 Å². The van der Waals surface area contributed by atoms with E-state index in [1.165, 1.54) is 6.92 Å². The van der Waals surface area contributed by atoms with Gasteiger partial charge in [-0.1, -0.05) is 13.8 Å². The quantitative estimate of drug-likeness (QED) is 0.442. The molecule has 1 aliphatic rings. The number of carbonyl (C=O) groups is 2. The van der Waals surface area contributed by atoms with Gasteiger partial charge >= 0.3 is 17.8 Å². The van der Waals surface area contributed by atoms with Gasteiger partial charge in [-0.3, -0.25) is 4.79 Å². The Morgan fingerprint density at radius 1 is 1.40 bits per heavy atom. The molecule has 25 heavy (non-hydrogen) atoms. The lowest BCUT2D eigenvalue weighted by Crippen LogP contribution is -2.67. The summed E-state index contributed by atoms with van der Waals surface area (Å²) in [6, 6.07) is -1.57. The molecular formula is C14H24ClF2NO7. The molecule has 0 saturated carbocycles. The minimum atomic E-state index is -3.74. The lowest BCUT2D eigenvalue weighted by molar-refractivity contribution is -0.282. The molecule has 0 aliphatic carbocycles. The fourth-order valence-electron chi connectivity index (χ4n) is 2.42. The first-order valence-corrected chi connectivity index (χ1v) is 7.57. The van der Waals surface area contributed by atoms with Crippen molar-refractivity contribution in [2.24, 2.45) is 11.7 Å². The van der Waals surface area contributed by atoms with Crippen LogP contribution in [0, 0.1) is 5.92 Å². The number of ether oxygens (including phenoxy) is 2. The van der Waals surface area contributed by atoms with Crippen molar-refractivity contribution in [3.63, 3.8) is 0 Å². The first kappa shape index (κ1) is 23.9. The number of nitrogens with two attached hydrogens (primary N) is 1. The number of carboxylic acids is 1. The maximum absolute atomic E-state index is 14.2. The standard InChI is InChI=1S/C14H23F2NO7.ClH/c1-3-4-8(19)23-5-7(18)10(20)11-6(2)9(17)12(15)14(16,24-11)13(21)22;/h6-7,9-12,18,20H,3-5,17H2,1-2H3,(H,21,22);1H/t6?,7-,9?,10-,11?,12?,14?;/m1./s1. The molecule has 5 N–H and O–H groups in total. The van der Waals surface area contributed by atoms with Crippen LogP contribution in [-0.2, 0) is 19.1 Å². The van der Waals surface area contributed by atoms with E-state index >= 15 is 0 Å². The van der Waals surface area contributed by atoms with E-state index in [4.69, 9.17) is 15.6 Å². The number of hydrogen-bond donors (Lipinski definition) is 4. The van der Waals surface area contributed by atoms with E-state index in [2.05, 4.69) is 4.74 Å². The van der Waals surface area contributed by atoms with E-state index in [1.54, 1.807) is 6.92 Å². The normalized spacial score (nSPS) is 34.5. The van der Waals surface area contributed by atoms with Crippen molar-refractivity contribution in [1.29, 1.82) is 0 Å². The van der Waals surface area contributed by atoms with Crippen molar-refractivity contribution >= 4 is 24.3 Å². The average molecular weight is 392 g/mol. The molecule has 5 unspecified atom stereocenters. The molecule has 0 aromatic heterocycles. The summed E-state index contributed by atoms with van der Waals surface area (Å²) in [5.41, 5.74) is 5.49. The second kappa shape index (κ2) is 9.58. The van der Waals surface area contributed by atoms with Crippen LogP contribution in [0.3, 0.4) is 0 Å². The first-order chi connectivity index (χ1) is 11.1. The summed E-state index contributed by atoms with van der Waals surface area (Å²) in [7, 11) is 0. The number of esters is 1. The van der Waals surface area contributed by atoms with Crippen LogP contribution >= 0.6 is 12.4 Å². The Bertz CT molecular complexity index is 472. The number of carbonyl (C=O) groups excluding carboxylic acids is 1. The second-order valence-electron chi connectivity index (χ2n) is 5.86. The molecule has 0 amide bonds. The van der Waals surface area contributed by atoms with Gasteiger partial charge in [-0.2, -0.15) is 4.39 Å². The highest BCUT2D eigenvalue weighted by Crippen LogP contribution is 2.37. The molecule has 1 fully saturated rings. The third-order valence-corrected chi connectivity index (χ3v) is 4.02. The minimum absolute atomic E-state index is 0. The highest BCUT2D eigenvalue weighted by molar-refractivity contribution is 5.85. The molecule has 7 atom stereocenters. The number of halogens is 3. The monoisotopic (exact) mass is 391 g/mol. The van der Waals surface area contributed by atoms with Gasteiger partial charge in [0.1, 0.15) is 18.8 Å². The van der Waals surface area contributed by atoms with Crippen molar-refractivity contribution in [3.8, 4) is 0 Å². The molecule has 0 spiro atoms. The van der Waals surface area contributed by atoms with Gasteiger partial charge in [0, 0.05) is 18.4 Å². The summed E-state index contributed by atoms with van der Waals surface area (Å²) in [6.07, 6.45) is -7.13. The van der Waals surface area contributed by atoms with Gasteiger partial charge in [-0.15, -0.1) is 12.4 Å². The summed E-state index contributed by atoms with van der Waals surface area (Å²) >= 11 is 0. The molecule has 0 bridgehead atoms. The van der Waals surface area contributed by atoms with Crippen LogP contribution in [-0.4, -0.2) is 70.2 Å². The summed E-state index contributed by atoms with van der Waals surface area (Å²) in [5, 5.41) is 28.8. The minimum Gasteiger partial charge on any atom is -0.477 e. The topological polar surface area (TPSA) is 139 Å². The average Bonchev–Trinajstić information content (AvgIpc) is 2.53. The third kappa shape index (κ3) is 5.20. The first-order valence-electron chi connectivity index (χ1n) is 7.57. The Labute approximate surface area is 149 Å². The Morgan fingerprint density at radius 2 is 1.96 bits per heavy atom. The Kier molecular flexibility index (Phi) is 9.17. The number of aliphatic carboxylic acids is 1. The van der Waals surface area contributed by atoms with Crippen molar-refractivity contribution in [1.82, 2.24) is 0 Å². The summed E-state index contributed by atoms with van der Waals surface area (Å²) < 4.78 is 37.4. The van der Waals surface area contributed by atoms with Gasteiger partial charge < -0.3 is 30.5 Å². The van der Waals surface area contributed by atoms with Crippen molar-refractivity contribution in [2.45, 2.75) is 63.1 Å². The van der Waals surface area contributed by atoms with E-state index in [1.807, 2.05) is 0 Å². The van der Waals surface area contributed by atoms with Gasteiger partial charge in [0.05, 0.1) is 6.10 Å². The highest BCUT2D eigenvalue weighted by Gasteiger charge is 2.60. The molecule has 1 heterocycles. The van der Waals surface area contributed by atoms with Crippen LogP contribution in [0.4, 0.5) is 8.78 Å². The number of carboxylic acid groups (broad SMARTS) is 1. The fraction of sp³-hybridized carbons (Fsp3) is 0.857. The van der Waals surface area contributed by atoms with Crippen LogP contribution in [0.5, 0.6) is 0 Å². The predicted octanol–water partition coefficient (Wildman–Crippen LogP) is -0.0760. The van der Waals surface area contributed by atoms with Crippen molar-refractivity contribution in [2.75, 3.05) is 6.61 Å². The van der Waals surface area contributed by atoms with Crippen LogP contribution in [0.15, 0.2) is 0 Å². The SMILES string of the molecule is CCCC(=O)OC[C@@H](O)[C@@H](O)C1OC(F)(C(=O)O)C(F)C(N)C1C.Cl. The van der Waals surface area contributed by atoms with Crippen LogP contribution in [0.2, 0.25) is 0 Å². The van der Waals surface area contributed by atoms with Crippen LogP contribution < -0.4 is 5.73 Å². The molecule has 1 rings (SSSR count). The van der Waals surface area contributed by atoms with Crippen molar-refractivity contribution in [3.05, 3.63) is 0 Å². The largest absolute Gasteiger partial charge is 0.477 e. The summed E-state index contributed by atoms with van der Waals surface area (Å²) in [5.74, 6) is -7.57. The maximum Gasteiger partial charge on any atom is 0.372 e. The van der Waals surface area contributed by atoms with E-state index < -0.39 is 60.8 Å². The van der Waals surface area contributed by atoms with E-state index in [0.717, 1.165) is 0 Å². The van der Waals surface area contributed by atoms with Gasteiger partial charge in [-0.25, -0.2) is 9.18 Å². The van der Waals surface area contributed by atoms with Crippen LogP contribution in [0.25, 0.3) is 0 Å². The predicted molar refractivity (Wildman–Crippen MR) is 83.5 cm³/mol. The number of alkyl halides is 2. The fourth-order valence-corrected chi connectivity index (χ4v) is 2.42. The zero-order valence-electron chi connectivity index (χ0n) is 13.8. The molecule has 0 aromatic carbocycles.